The van der Waals surface area contributed by atoms with E-state index in [1.165, 1.54) is 0 Å². The van der Waals surface area contributed by atoms with E-state index in [-0.39, 0.29) is 5.91 Å². The minimum atomic E-state index is -0.00275. The second kappa shape index (κ2) is 8.51. The maximum Gasteiger partial charge on any atom is 0.251 e. The molecule has 0 spiro atoms. The molecule has 7 heteroatoms. The van der Waals surface area contributed by atoms with Crippen LogP contribution in [0.4, 0.5) is 5.69 Å². The van der Waals surface area contributed by atoms with Gasteiger partial charge in [-0.1, -0.05) is 6.07 Å². The molecule has 5 rings (SSSR count). The van der Waals surface area contributed by atoms with E-state index >= 15 is 0 Å². The number of pyridine rings is 1. The number of hydrogen-bond acceptors (Lipinski definition) is 5. The van der Waals surface area contributed by atoms with Crippen LogP contribution in [0.25, 0.3) is 16.8 Å². The largest absolute Gasteiger partial charge is 0.381 e. The molecule has 2 aliphatic rings. The van der Waals surface area contributed by atoms with E-state index in [9.17, 15) is 4.79 Å². The zero-order chi connectivity index (χ0) is 21.2. The topological polar surface area (TPSA) is 83.9 Å². The normalized spacial score (nSPS) is 16.8. The molecule has 160 valence electrons. The lowest BCUT2D eigenvalue weighted by atomic mass is 10.0. The molecule has 1 saturated carbocycles. The van der Waals surface area contributed by atoms with Crippen molar-refractivity contribution in [1.29, 1.82) is 0 Å². The highest BCUT2D eigenvalue weighted by Crippen LogP contribution is 2.26. The molecule has 0 unspecified atom stereocenters. The summed E-state index contributed by atoms with van der Waals surface area (Å²) in [7, 11) is 0. The lowest BCUT2D eigenvalue weighted by Crippen LogP contribution is -2.35. The van der Waals surface area contributed by atoms with E-state index in [4.69, 9.17) is 0 Å². The van der Waals surface area contributed by atoms with Crippen LogP contribution in [0, 0.1) is 6.92 Å². The van der Waals surface area contributed by atoms with E-state index in [1.807, 2.05) is 47.7 Å². The highest BCUT2D eigenvalue weighted by Gasteiger charge is 2.24. The van der Waals surface area contributed by atoms with Crippen LogP contribution in [0.2, 0.25) is 0 Å². The number of hydrogen-bond donors (Lipinski definition) is 3. The molecule has 1 saturated heterocycles. The summed E-state index contributed by atoms with van der Waals surface area (Å²) in [6, 6.07) is 8.75. The quantitative estimate of drug-likeness (QED) is 0.574. The molecule has 3 N–H and O–H groups in total. The van der Waals surface area contributed by atoms with Gasteiger partial charge in [-0.15, -0.1) is 0 Å². The zero-order valence-electron chi connectivity index (χ0n) is 17.8. The van der Waals surface area contributed by atoms with Gasteiger partial charge in [0.2, 0.25) is 0 Å². The van der Waals surface area contributed by atoms with E-state index in [0.717, 1.165) is 66.8 Å². The Morgan fingerprint density at radius 1 is 1.06 bits per heavy atom. The SMILES string of the molecule is Cc1ccc(C(=O)NC2CC2)cc1-c1cnn(-c2cncc(NC3CCNCC3)c2)c1. The molecule has 1 aliphatic heterocycles. The second-order valence-electron chi connectivity index (χ2n) is 8.55. The molecular formula is C24H28N6O. The first-order valence-electron chi connectivity index (χ1n) is 11.0. The smallest absolute Gasteiger partial charge is 0.251 e. The van der Waals surface area contributed by atoms with Crippen molar-refractivity contribution in [2.24, 2.45) is 0 Å². The van der Waals surface area contributed by atoms with Crippen LogP contribution < -0.4 is 16.0 Å². The molecule has 7 nitrogen and oxygen atoms in total. The Balaban J connectivity index is 1.36. The number of amides is 1. The highest BCUT2D eigenvalue weighted by molar-refractivity contribution is 5.96. The van der Waals surface area contributed by atoms with Gasteiger partial charge in [-0.25, -0.2) is 4.68 Å². The molecule has 1 amide bonds. The van der Waals surface area contributed by atoms with Crippen LogP contribution in [0.15, 0.2) is 49.1 Å². The number of rotatable bonds is 6. The molecule has 31 heavy (non-hydrogen) atoms. The van der Waals surface area contributed by atoms with E-state index in [2.05, 4.69) is 39.0 Å². The van der Waals surface area contributed by atoms with E-state index in [1.54, 1.807) is 0 Å². The van der Waals surface area contributed by atoms with Crippen molar-refractivity contribution < 1.29 is 4.79 Å². The highest BCUT2D eigenvalue weighted by atomic mass is 16.1. The summed E-state index contributed by atoms with van der Waals surface area (Å²) < 4.78 is 1.84. The first kappa shape index (κ1) is 19.8. The van der Waals surface area contributed by atoms with Gasteiger partial charge in [-0.05, 0) is 75.0 Å². The Kier molecular flexibility index (Phi) is 5.42. The van der Waals surface area contributed by atoms with Crippen molar-refractivity contribution in [2.45, 2.75) is 44.7 Å². The summed E-state index contributed by atoms with van der Waals surface area (Å²) in [5.74, 6) is -0.00275. The lowest BCUT2D eigenvalue weighted by molar-refractivity contribution is 0.0951. The summed E-state index contributed by atoms with van der Waals surface area (Å²) in [6.45, 7) is 4.15. The number of anilines is 1. The number of nitrogens with zero attached hydrogens (tertiary/aromatic N) is 3. The molecular weight excluding hydrogens is 388 g/mol. The molecule has 0 radical (unpaired) electrons. The monoisotopic (exact) mass is 416 g/mol. The lowest BCUT2D eigenvalue weighted by Gasteiger charge is -2.24. The number of benzene rings is 1. The number of piperidine rings is 1. The molecule has 1 aliphatic carbocycles. The van der Waals surface area contributed by atoms with Crippen molar-refractivity contribution in [3.8, 4) is 16.8 Å². The average Bonchev–Trinajstić information content (AvgIpc) is 3.46. The second-order valence-corrected chi connectivity index (χ2v) is 8.55. The summed E-state index contributed by atoms with van der Waals surface area (Å²) in [6.07, 6.45) is 11.9. The van der Waals surface area contributed by atoms with Gasteiger partial charge in [-0.3, -0.25) is 9.78 Å². The molecule has 0 atom stereocenters. The van der Waals surface area contributed by atoms with Gasteiger partial charge in [-0.2, -0.15) is 5.10 Å². The minimum absolute atomic E-state index is 0.00275. The van der Waals surface area contributed by atoms with Crippen LogP contribution >= 0.6 is 0 Å². The van der Waals surface area contributed by atoms with Crippen LogP contribution in [0.5, 0.6) is 0 Å². The standard InChI is InChI=1S/C24H28N6O/c1-16-2-3-17(24(31)29-19-4-5-19)10-23(16)18-12-27-30(15-18)22-11-21(13-26-14-22)28-20-6-8-25-9-7-20/h2-3,10-15,19-20,25,28H,4-9H2,1H3,(H,29,31). The number of aromatic nitrogens is 3. The van der Waals surface area contributed by atoms with Gasteiger partial charge in [0, 0.05) is 29.4 Å². The fourth-order valence-corrected chi connectivity index (χ4v) is 4.01. The van der Waals surface area contributed by atoms with Gasteiger partial charge >= 0.3 is 0 Å². The number of carbonyl (C=O) groups excluding carboxylic acids is 1. The first-order valence-corrected chi connectivity index (χ1v) is 11.0. The minimum Gasteiger partial charge on any atom is -0.381 e. The maximum atomic E-state index is 12.5. The van der Waals surface area contributed by atoms with Crippen molar-refractivity contribution in [3.63, 3.8) is 0 Å². The predicted molar refractivity (Wildman–Crippen MR) is 122 cm³/mol. The zero-order valence-corrected chi connectivity index (χ0v) is 17.8. The Morgan fingerprint density at radius 3 is 2.71 bits per heavy atom. The third-order valence-corrected chi connectivity index (χ3v) is 6.00. The molecule has 2 fully saturated rings. The number of nitrogens with one attached hydrogen (secondary N) is 3. The molecule has 0 bridgehead atoms. The number of aryl methyl sites for hydroxylation is 1. The average molecular weight is 417 g/mol. The predicted octanol–water partition coefficient (Wildman–Crippen LogP) is 3.30. The Bertz CT molecular complexity index is 1080. The van der Waals surface area contributed by atoms with Gasteiger partial charge in [0.05, 0.1) is 30.0 Å². The van der Waals surface area contributed by atoms with Gasteiger partial charge < -0.3 is 16.0 Å². The summed E-state index contributed by atoms with van der Waals surface area (Å²) in [4.78, 5) is 16.9. The van der Waals surface area contributed by atoms with Crippen molar-refractivity contribution in [1.82, 2.24) is 25.4 Å². The molecule has 2 aromatic heterocycles. The maximum absolute atomic E-state index is 12.5. The van der Waals surface area contributed by atoms with Crippen molar-refractivity contribution in [2.75, 3.05) is 18.4 Å². The third-order valence-electron chi connectivity index (χ3n) is 6.00. The summed E-state index contributed by atoms with van der Waals surface area (Å²) >= 11 is 0. The molecule has 1 aromatic carbocycles. The Hall–Kier alpha value is -3.19. The van der Waals surface area contributed by atoms with Crippen LogP contribution in [0.1, 0.15) is 41.6 Å². The van der Waals surface area contributed by atoms with E-state index in [0.29, 0.717) is 17.6 Å². The molecule has 3 heterocycles. The number of carbonyl (C=O) groups is 1. The molecule has 3 aromatic rings. The fraction of sp³-hybridized carbons (Fsp3) is 0.375. The van der Waals surface area contributed by atoms with Gasteiger partial charge in [0.15, 0.2) is 0 Å². The van der Waals surface area contributed by atoms with Crippen LogP contribution in [-0.4, -0.2) is 45.8 Å². The Morgan fingerprint density at radius 2 is 1.90 bits per heavy atom. The van der Waals surface area contributed by atoms with Crippen molar-refractivity contribution >= 4 is 11.6 Å². The van der Waals surface area contributed by atoms with Crippen LogP contribution in [0.3, 0.4) is 0 Å². The summed E-state index contributed by atoms with van der Waals surface area (Å²) in [5, 5.41) is 14.6. The fourth-order valence-electron chi connectivity index (χ4n) is 4.01. The van der Waals surface area contributed by atoms with E-state index < -0.39 is 0 Å². The van der Waals surface area contributed by atoms with Gasteiger partial charge in [0.25, 0.3) is 5.91 Å². The van der Waals surface area contributed by atoms with Crippen molar-refractivity contribution in [3.05, 3.63) is 60.2 Å². The Labute approximate surface area is 182 Å². The third kappa shape index (κ3) is 4.61. The summed E-state index contributed by atoms with van der Waals surface area (Å²) in [5.41, 5.74) is 5.72. The van der Waals surface area contributed by atoms with Crippen LogP contribution in [-0.2, 0) is 0 Å². The van der Waals surface area contributed by atoms with Gasteiger partial charge in [0.1, 0.15) is 0 Å². The first-order chi connectivity index (χ1) is 15.2.